The van der Waals surface area contributed by atoms with Crippen molar-refractivity contribution >= 4 is 17.2 Å². The van der Waals surface area contributed by atoms with Gasteiger partial charge in [-0.2, -0.15) is 10.4 Å². The van der Waals surface area contributed by atoms with E-state index in [0.717, 1.165) is 30.6 Å². The normalized spacial score (nSPS) is 10.3. The lowest BCUT2D eigenvalue weighted by atomic mass is 10.0. The van der Waals surface area contributed by atoms with E-state index in [2.05, 4.69) is 34.6 Å². The molecule has 0 atom stereocenters. The number of anilines is 1. The number of nitrogens with zero attached hydrogens (tertiary/aromatic N) is 4. The van der Waals surface area contributed by atoms with E-state index in [1.807, 2.05) is 24.9 Å². The number of nitriles is 1. The van der Waals surface area contributed by atoms with Crippen molar-refractivity contribution in [3.63, 3.8) is 0 Å². The smallest absolute Gasteiger partial charge is 0.169 e. The van der Waals surface area contributed by atoms with Gasteiger partial charge < -0.3 is 4.90 Å². The molecule has 0 aliphatic rings. The Balaban J connectivity index is 2.38. The Labute approximate surface area is 123 Å². The highest BCUT2D eigenvalue weighted by Gasteiger charge is 2.17. The van der Waals surface area contributed by atoms with E-state index in [4.69, 9.17) is 0 Å². The monoisotopic (exact) mass is 286 g/mol. The van der Waals surface area contributed by atoms with Gasteiger partial charge in [0.15, 0.2) is 5.82 Å². The van der Waals surface area contributed by atoms with Crippen molar-refractivity contribution in [2.75, 3.05) is 11.9 Å². The molecule has 0 spiro atoms. The van der Waals surface area contributed by atoms with Crippen molar-refractivity contribution in [2.45, 2.75) is 33.2 Å². The Kier molecular flexibility index (Phi) is 4.70. The summed E-state index contributed by atoms with van der Waals surface area (Å²) >= 11 is 1.70. The summed E-state index contributed by atoms with van der Waals surface area (Å²) in [6, 6.07) is 6.42. The fourth-order valence-corrected chi connectivity index (χ4v) is 3.02. The minimum Gasteiger partial charge on any atom is -0.352 e. The van der Waals surface area contributed by atoms with Gasteiger partial charge in [0.1, 0.15) is 11.6 Å². The Morgan fingerprint density at radius 2 is 2.10 bits per heavy atom. The molecule has 0 aliphatic heterocycles. The van der Waals surface area contributed by atoms with Crippen molar-refractivity contribution in [1.29, 1.82) is 5.26 Å². The molecule has 0 aromatic carbocycles. The molecule has 0 fully saturated rings. The van der Waals surface area contributed by atoms with Crippen molar-refractivity contribution in [2.24, 2.45) is 0 Å². The summed E-state index contributed by atoms with van der Waals surface area (Å²) in [4.78, 5) is 3.24. The Morgan fingerprint density at radius 3 is 2.65 bits per heavy atom. The molecule has 2 aromatic heterocycles. The molecule has 2 rings (SSSR count). The maximum Gasteiger partial charge on any atom is 0.169 e. The highest BCUT2D eigenvalue weighted by atomic mass is 32.1. The van der Waals surface area contributed by atoms with Crippen LogP contribution in [0.25, 0.3) is 0 Å². The lowest BCUT2D eigenvalue weighted by molar-refractivity contribution is 0.823. The zero-order valence-corrected chi connectivity index (χ0v) is 12.9. The van der Waals surface area contributed by atoms with E-state index >= 15 is 0 Å². The zero-order chi connectivity index (χ0) is 14.5. The fourth-order valence-electron chi connectivity index (χ4n) is 2.26. The zero-order valence-electron chi connectivity index (χ0n) is 12.1. The molecule has 0 bridgehead atoms. The van der Waals surface area contributed by atoms with E-state index in [1.165, 1.54) is 4.88 Å². The summed E-state index contributed by atoms with van der Waals surface area (Å²) in [6.07, 6.45) is 1.61. The minimum atomic E-state index is 0.665. The highest BCUT2D eigenvalue weighted by molar-refractivity contribution is 7.09. The van der Waals surface area contributed by atoms with Crippen LogP contribution in [-0.2, 0) is 19.4 Å². The molecular weight excluding hydrogens is 268 g/mol. The summed E-state index contributed by atoms with van der Waals surface area (Å²) in [7, 11) is 1.95. The highest BCUT2D eigenvalue weighted by Crippen LogP contribution is 2.24. The Hall–Kier alpha value is -1.93. The molecule has 20 heavy (non-hydrogen) atoms. The first-order valence-corrected chi connectivity index (χ1v) is 7.61. The standard InChI is InChI=1S/C15H18N4S/c1-4-12-13(9-16)15(18-17-14(12)5-2)19(3)10-11-7-6-8-20-11/h6-8H,4-5,10H2,1-3H3. The Morgan fingerprint density at radius 1 is 1.30 bits per heavy atom. The van der Waals surface area contributed by atoms with Gasteiger partial charge in [0.05, 0.1) is 12.2 Å². The van der Waals surface area contributed by atoms with Gasteiger partial charge in [-0.1, -0.05) is 19.9 Å². The summed E-state index contributed by atoms with van der Waals surface area (Å²) in [6.45, 7) is 4.84. The number of rotatable bonds is 5. The first-order chi connectivity index (χ1) is 9.71. The molecule has 0 saturated heterocycles. The van der Waals surface area contributed by atoms with E-state index < -0.39 is 0 Å². The van der Waals surface area contributed by atoms with Gasteiger partial charge in [0.25, 0.3) is 0 Å². The molecule has 4 nitrogen and oxygen atoms in total. The summed E-state index contributed by atoms with van der Waals surface area (Å²) in [5, 5.41) is 20.1. The third-order valence-electron chi connectivity index (χ3n) is 3.27. The van der Waals surface area contributed by atoms with Gasteiger partial charge in [0, 0.05) is 11.9 Å². The van der Waals surface area contributed by atoms with Crippen LogP contribution in [0, 0.1) is 11.3 Å². The van der Waals surface area contributed by atoms with Crippen LogP contribution in [0.1, 0.15) is 35.5 Å². The molecule has 0 N–H and O–H groups in total. The number of thiophene rings is 1. The SMILES string of the molecule is CCc1nnc(N(C)Cc2cccs2)c(C#N)c1CC. The number of hydrogen-bond donors (Lipinski definition) is 0. The second-order valence-electron chi connectivity index (χ2n) is 4.58. The fraction of sp³-hybridized carbons (Fsp3) is 0.400. The lowest BCUT2D eigenvalue weighted by Crippen LogP contribution is -2.20. The van der Waals surface area contributed by atoms with Crippen LogP contribution in [0.5, 0.6) is 0 Å². The molecule has 2 heterocycles. The predicted molar refractivity (Wildman–Crippen MR) is 81.9 cm³/mol. The van der Waals surface area contributed by atoms with Gasteiger partial charge >= 0.3 is 0 Å². The van der Waals surface area contributed by atoms with Crippen LogP contribution in [-0.4, -0.2) is 17.2 Å². The van der Waals surface area contributed by atoms with E-state index in [1.54, 1.807) is 11.3 Å². The maximum absolute atomic E-state index is 9.48. The summed E-state index contributed by atoms with van der Waals surface area (Å²) in [5.74, 6) is 0.676. The second-order valence-corrected chi connectivity index (χ2v) is 5.61. The quantitative estimate of drug-likeness (QED) is 0.847. The Bertz CT molecular complexity index is 614. The van der Waals surface area contributed by atoms with Crippen LogP contribution < -0.4 is 4.90 Å². The van der Waals surface area contributed by atoms with Crippen molar-refractivity contribution in [3.8, 4) is 6.07 Å². The van der Waals surface area contributed by atoms with Gasteiger partial charge in [-0.25, -0.2) is 0 Å². The molecule has 104 valence electrons. The number of hydrogen-bond acceptors (Lipinski definition) is 5. The molecule has 0 unspecified atom stereocenters. The van der Waals surface area contributed by atoms with Gasteiger partial charge in [0.2, 0.25) is 0 Å². The molecule has 5 heteroatoms. The van der Waals surface area contributed by atoms with Crippen molar-refractivity contribution < 1.29 is 0 Å². The van der Waals surface area contributed by atoms with Crippen LogP contribution in [0.15, 0.2) is 17.5 Å². The number of aromatic nitrogens is 2. The third-order valence-corrected chi connectivity index (χ3v) is 4.14. The van der Waals surface area contributed by atoms with Gasteiger partial charge in [-0.05, 0) is 29.9 Å². The predicted octanol–water partition coefficient (Wildman–Crippen LogP) is 3.17. The average Bonchev–Trinajstić information content (AvgIpc) is 2.98. The molecule has 0 aliphatic carbocycles. The summed E-state index contributed by atoms with van der Waals surface area (Å²) < 4.78 is 0. The first-order valence-electron chi connectivity index (χ1n) is 6.73. The van der Waals surface area contributed by atoms with Crippen LogP contribution in [0.4, 0.5) is 5.82 Å². The average molecular weight is 286 g/mol. The van der Waals surface area contributed by atoms with Crippen molar-refractivity contribution in [1.82, 2.24) is 10.2 Å². The van der Waals surface area contributed by atoms with Crippen molar-refractivity contribution in [3.05, 3.63) is 39.2 Å². The van der Waals surface area contributed by atoms with Gasteiger partial charge in [-0.3, -0.25) is 0 Å². The molecule has 0 radical (unpaired) electrons. The summed E-state index contributed by atoms with van der Waals surface area (Å²) in [5.41, 5.74) is 2.62. The molecule has 0 saturated carbocycles. The van der Waals surface area contributed by atoms with Crippen LogP contribution in [0.3, 0.4) is 0 Å². The molecule has 0 amide bonds. The second kappa shape index (κ2) is 6.49. The van der Waals surface area contributed by atoms with E-state index in [0.29, 0.717) is 11.4 Å². The number of aryl methyl sites for hydroxylation is 1. The first kappa shape index (κ1) is 14.5. The minimum absolute atomic E-state index is 0.665. The molecule has 2 aromatic rings. The van der Waals surface area contributed by atoms with E-state index in [-0.39, 0.29) is 0 Å². The lowest BCUT2D eigenvalue weighted by Gasteiger charge is -2.20. The topological polar surface area (TPSA) is 52.8 Å². The maximum atomic E-state index is 9.48. The van der Waals surface area contributed by atoms with Crippen LogP contribution >= 0.6 is 11.3 Å². The van der Waals surface area contributed by atoms with E-state index in [9.17, 15) is 5.26 Å². The van der Waals surface area contributed by atoms with Crippen LogP contribution in [0.2, 0.25) is 0 Å². The third kappa shape index (κ3) is 2.81. The largest absolute Gasteiger partial charge is 0.352 e. The molecular formula is C15H18N4S. The van der Waals surface area contributed by atoms with Gasteiger partial charge in [-0.15, -0.1) is 16.4 Å².